The van der Waals surface area contributed by atoms with Crippen LogP contribution in [0, 0.1) is 5.82 Å². The highest BCUT2D eigenvalue weighted by Crippen LogP contribution is 2.30. The molecule has 3 aromatic carbocycles. The van der Waals surface area contributed by atoms with Crippen molar-refractivity contribution in [2.24, 2.45) is 0 Å². The third-order valence-electron chi connectivity index (χ3n) is 6.56. The molecule has 0 aliphatic carbocycles. The lowest BCUT2D eigenvalue weighted by Gasteiger charge is -2.40. The molecule has 35 heavy (non-hydrogen) atoms. The van der Waals surface area contributed by atoms with Crippen LogP contribution in [0.3, 0.4) is 0 Å². The Hall–Kier alpha value is -3.78. The van der Waals surface area contributed by atoms with E-state index in [2.05, 4.69) is 49.6 Å². The van der Waals surface area contributed by atoms with Crippen LogP contribution >= 0.6 is 0 Å². The summed E-state index contributed by atoms with van der Waals surface area (Å²) in [7, 11) is 1.68. The van der Waals surface area contributed by atoms with E-state index < -0.39 is 0 Å². The van der Waals surface area contributed by atoms with Crippen LogP contribution < -0.4 is 9.64 Å². The number of rotatable bonds is 8. The third-order valence-corrected chi connectivity index (χ3v) is 6.56. The minimum Gasteiger partial charge on any atom is -0.497 e. The minimum absolute atomic E-state index is 0.153. The van der Waals surface area contributed by atoms with Crippen LogP contribution in [-0.4, -0.2) is 58.4 Å². The van der Waals surface area contributed by atoms with Gasteiger partial charge in [-0.1, -0.05) is 42.5 Å². The summed E-state index contributed by atoms with van der Waals surface area (Å²) in [6.07, 6.45) is 0.834. The van der Waals surface area contributed by atoms with Gasteiger partial charge in [-0.2, -0.15) is 0 Å². The number of methoxy groups -OCH3 is 1. The lowest BCUT2D eigenvalue weighted by molar-refractivity contribution is 0.200. The second kappa shape index (κ2) is 10.7. The van der Waals surface area contributed by atoms with Crippen molar-refractivity contribution in [2.75, 3.05) is 38.2 Å². The van der Waals surface area contributed by atoms with E-state index in [9.17, 15) is 4.39 Å². The number of halogens is 1. The number of ether oxygens (including phenoxy) is 1. The van der Waals surface area contributed by atoms with Crippen LogP contribution in [0.25, 0.3) is 0 Å². The Balaban J connectivity index is 1.36. The molecule has 1 atom stereocenters. The van der Waals surface area contributed by atoms with Gasteiger partial charge < -0.3 is 9.64 Å². The smallest absolute Gasteiger partial charge is 0.173 e. The van der Waals surface area contributed by atoms with E-state index in [4.69, 9.17) is 4.74 Å². The molecule has 5 rings (SSSR count). The van der Waals surface area contributed by atoms with Crippen LogP contribution in [0.4, 0.5) is 10.1 Å². The molecule has 8 heteroatoms. The van der Waals surface area contributed by atoms with Crippen LogP contribution in [0.5, 0.6) is 5.75 Å². The molecule has 1 aromatic heterocycles. The highest BCUT2D eigenvalue weighted by Gasteiger charge is 2.30. The summed E-state index contributed by atoms with van der Waals surface area (Å²) in [5, 5.41) is 12.8. The zero-order valence-corrected chi connectivity index (χ0v) is 19.8. The fourth-order valence-electron chi connectivity index (χ4n) is 4.65. The summed E-state index contributed by atoms with van der Waals surface area (Å²) in [5.41, 5.74) is 3.40. The summed E-state index contributed by atoms with van der Waals surface area (Å²) in [6, 6.07) is 25.0. The number of piperazine rings is 1. The summed E-state index contributed by atoms with van der Waals surface area (Å²) < 4.78 is 20.9. The van der Waals surface area contributed by atoms with Crippen molar-refractivity contribution in [3.63, 3.8) is 0 Å². The lowest BCUT2D eigenvalue weighted by atomic mass is 10.0. The fraction of sp³-hybridized carbons (Fsp3) is 0.296. The number of aryl methyl sites for hydroxylation is 2. The first-order chi connectivity index (χ1) is 17.2. The first-order valence-corrected chi connectivity index (χ1v) is 11.9. The van der Waals surface area contributed by atoms with Gasteiger partial charge in [0.15, 0.2) is 5.82 Å². The monoisotopic (exact) mass is 472 g/mol. The first-order valence-electron chi connectivity index (χ1n) is 11.9. The molecule has 4 aromatic rings. The predicted octanol–water partition coefficient (Wildman–Crippen LogP) is 3.98. The van der Waals surface area contributed by atoms with Crippen LogP contribution in [0.15, 0.2) is 78.9 Å². The second-order valence-corrected chi connectivity index (χ2v) is 8.67. The standard InChI is InChI=1S/C27H29FN6O/c1-35-25-13-11-24(12-14-25)32-17-19-33(20-18-32)26(22-7-9-23(28)10-8-22)27-29-30-31-34(27)16-15-21-5-3-2-4-6-21/h2-14,26H,15-20H2,1H3. The first kappa shape index (κ1) is 23.0. The van der Waals surface area contributed by atoms with Crippen molar-refractivity contribution in [2.45, 2.75) is 19.0 Å². The molecule has 0 radical (unpaired) electrons. The molecule has 1 aliphatic rings. The maximum Gasteiger partial charge on any atom is 0.173 e. The van der Waals surface area contributed by atoms with Gasteiger partial charge in [-0.25, -0.2) is 9.07 Å². The van der Waals surface area contributed by atoms with Gasteiger partial charge in [0, 0.05) is 38.4 Å². The van der Waals surface area contributed by atoms with Crippen molar-refractivity contribution >= 4 is 5.69 Å². The molecule has 180 valence electrons. The number of nitrogens with zero attached hydrogens (tertiary/aromatic N) is 6. The minimum atomic E-state index is -0.250. The highest BCUT2D eigenvalue weighted by molar-refractivity contribution is 5.49. The van der Waals surface area contributed by atoms with Gasteiger partial charge in [-0.15, -0.1) is 5.10 Å². The van der Waals surface area contributed by atoms with Gasteiger partial charge in [0.1, 0.15) is 11.6 Å². The number of anilines is 1. The molecular formula is C27H29FN6O. The quantitative estimate of drug-likeness (QED) is 0.387. The Morgan fingerprint density at radius 2 is 1.60 bits per heavy atom. The van der Waals surface area contributed by atoms with Crippen LogP contribution in [0.2, 0.25) is 0 Å². The van der Waals surface area contributed by atoms with E-state index in [1.807, 2.05) is 47.1 Å². The second-order valence-electron chi connectivity index (χ2n) is 8.67. The molecule has 0 bridgehead atoms. The summed E-state index contributed by atoms with van der Waals surface area (Å²) in [4.78, 5) is 4.76. The zero-order chi connectivity index (χ0) is 24.0. The Morgan fingerprint density at radius 3 is 2.29 bits per heavy atom. The highest BCUT2D eigenvalue weighted by atomic mass is 19.1. The molecule has 2 heterocycles. The van der Waals surface area contributed by atoms with Gasteiger partial charge in [-0.3, -0.25) is 4.90 Å². The summed E-state index contributed by atoms with van der Waals surface area (Å²) >= 11 is 0. The molecule has 1 unspecified atom stereocenters. The largest absolute Gasteiger partial charge is 0.497 e. The van der Waals surface area contributed by atoms with Crippen molar-refractivity contribution in [1.82, 2.24) is 25.1 Å². The maximum atomic E-state index is 13.7. The zero-order valence-electron chi connectivity index (χ0n) is 19.8. The van der Waals surface area contributed by atoms with Gasteiger partial charge >= 0.3 is 0 Å². The number of hydrogen-bond donors (Lipinski definition) is 0. The Kier molecular flexibility index (Phi) is 6.99. The fourth-order valence-corrected chi connectivity index (χ4v) is 4.65. The number of aromatic nitrogens is 4. The summed E-state index contributed by atoms with van der Waals surface area (Å²) in [5.74, 6) is 1.39. The molecular weight excluding hydrogens is 443 g/mol. The Morgan fingerprint density at radius 1 is 0.886 bits per heavy atom. The van der Waals surface area contributed by atoms with Crippen LogP contribution in [-0.2, 0) is 13.0 Å². The predicted molar refractivity (Wildman–Crippen MR) is 133 cm³/mol. The van der Waals surface area contributed by atoms with E-state index in [0.717, 1.165) is 49.7 Å². The molecule has 0 spiro atoms. The van der Waals surface area contributed by atoms with Crippen molar-refractivity contribution < 1.29 is 9.13 Å². The van der Waals surface area contributed by atoms with Crippen molar-refractivity contribution in [3.05, 3.63) is 102 Å². The average Bonchev–Trinajstić information content (AvgIpc) is 3.38. The summed E-state index contributed by atoms with van der Waals surface area (Å²) in [6.45, 7) is 4.08. The van der Waals surface area contributed by atoms with E-state index >= 15 is 0 Å². The van der Waals surface area contributed by atoms with E-state index in [0.29, 0.717) is 6.54 Å². The molecule has 1 fully saturated rings. The normalized spacial score (nSPS) is 15.2. The lowest BCUT2D eigenvalue weighted by Crippen LogP contribution is -2.48. The van der Waals surface area contributed by atoms with Gasteiger partial charge in [0.25, 0.3) is 0 Å². The SMILES string of the molecule is COc1ccc(N2CCN(C(c3ccc(F)cc3)c3nnnn3CCc3ccccc3)CC2)cc1. The van der Waals surface area contributed by atoms with Crippen LogP contribution in [0.1, 0.15) is 23.0 Å². The molecule has 0 saturated carbocycles. The van der Waals surface area contributed by atoms with Crippen molar-refractivity contribution in [3.8, 4) is 5.75 Å². The molecule has 0 N–H and O–H groups in total. The maximum absolute atomic E-state index is 13.7. The molecule has 1 aliphatic heterocycles. The van der Waals surface area contributed by atoms with Gasteiger partial charge in [0.2, 0.25) is 0 Å². The third kappa shape index (κ3) is 5.33. The number of tetrazole rings is 1. The van der Waals surface area contributed by atoms with Gasteiger partial charge in [-0.05, 0) is 64.4 Å². The van der Waals surface area contributed by atoms with E-state index in [1.165, 1.54) is 23.4 Å². The van der Waals surface area contributed by atoms with Crippen molar-refractivity contribution in [1.29, 1.82) is 0 Å². The molecule has 1 saturated heterocycles. The Labute approximate surface area is 204 Å². The number of hydrogen-bond acceptors (Lipinski definition) is 6. The number of benzene rings is 3. The molecule has 7 nitrogen and oxygen atoms in total. The van der Waals surface area contributed by atoms with E-state index in [-0.39, 0.29) is 11.9 Å². The average molecular weight is 473 g/mol. The topological polar surface area (TPSA) is 59.3 Å². The van der Waals surface area contributed by atoms with E-state index in [1.54, 1.807) is 7.11 Å². The molecule has 0 amide bonds. The van der Waals surface area contributed by atoms with Gasteiger partial charge in [0.05, 0.1) is 13.2 Å². The Bertz CT molecular complexity index is 1200.